The summed E-state index contributed by atoms with van der Waals surface area (Å²) in [4.78, 5) is 16.4. The maximum atomic E-state index is 13.1. The summed E-state index contributed by atoms with van der Waals surface area (Å²) >= 11 is 1.95. The van der Waals surface area contributed by atoms with Crippen LogP contribution < -0.4 is 4.74 Å². The Hall–Kier alpha value is -1.50. The van der Waals surface area contributed by atoms with Crippen LogP contribution in [0.5, 0.6) is 5.75 Å². The summed E-state index contributed by atoms with van der Waals surface area (Å²) in [6.45, 7) is 2.58. The highest BCUT2D eigenvalue weighted by Crippen LogP contribution is 2.20. The van der Waals surface area contributed by atoms with E-state index in [-0.39, 0.29) is 11.6 Å². The first-order valence-electron chi connectivity index (χ1n) is 6.19. The summed E-state index contributed by atoms with van der Waals surface area (Å²) in [5.74, 6) is 0.0165. The van der Waals surface area contributed by atoms with E-state index in [0.717, 1.165) is 6.42 Å². The Kier molecular flexibility index (Phi) is 5.05. The first-order valence-corrected chi connectivity index (χ1v) is 7.27. The second-order valence-corrected chi connectivity index (χ2v) is 5.37. The third-order valence-corrected chi connectivity index (χ3v) is 3.52. The topological polar surface area (TPSA) is 39.2 Å². The molecule has 0 saturated heterocycles. The van der Waals surface area contributed by atoms with Crippen LogP contribution in [0.1, 0.15) is 29.3 Å². The average Bonchev–Trinajstić information content (AvgIpc) is 2.45. The molecule has 2 aromatic rings. The summed E-state index contributed by atoms with van der Waals surface area (Å²) < 4.78 is 19.1. The Labute approximate surface area is 130 Å². The molecule has 0 radical (unpaired) electrons. The first-order chi connectivity index (χ1) is 9.61. The minimum absolute atomic E-state index is 0.191. The number of ketones is 1. The number of rotatable bonds is 5. The van der Waals surface area contributed by atoms with Crippen molar-refractivity contribution in [1.29, 1.82) is 0 Å². The molecule has 2 rings (SSSR count). The van der Waals surface area contributed by atoms with Gasteiger partial charge in [-0.1, -0.05) is 6.92 Å². The van der Waals surface area contributed by atoms with Crippen LogP contribution in [0.3, 0.4) is 0 Å². The van der Waals surface area contributed by atoms with Crippen LogP contribution in [-0.2, 0) is 0 Å². The molecule has 0 bridgehead atoms. The molecule has 0 aliphatic heterocycles. The minimum atomic E-state index is -0.357. The van der Waals surface area contributed by atoms with E-state index in [9.17, 15) is 9.18 Å². The molecule has 0 spiro atoms. The van der Waals surface area contributed by atoms with Crippen LogP contribution in [0.15, 0.2) is 36.7 Å². The second-order valence-electron chi connectivity index (χ2n) is 4.21. The predicted octanol–water partition coefficient (Wildman–Crippen LogP) is 3.85. The maximum absolute atomic E-state index is 13.1. The van der Waals surface area contributed by atoms with Crippen LogP contribution in [0.2, 0.25) is 0 Å². The zero-order valence-corrected chi connectivity index (χ0v) is 13.1. The molecule has 104 valence electrons. The predicted molar refractivity (Wildman–Crippen MR) is 82.6 cm³/mol. The quantitative estimate of drug-likeness (QED) is 0.580. The van der Waals surface area contributed by atoms with Crippen molar-refractivity contribution in [3.8, 4) is 5.75 Å². The van der Waals surface area contributed by atoms with Gasteiger partial charge in [-0.3, -0.25) is 9.78 Å². The molecule has 0 N–H and O–H groups in total. The van der Waals surface area contributed by atoms with Gasteiger partial charge in [0, 0.05) is 20.9 Å². The highest BCUT2D eigenvalue weighted by molar-refractivity contribution is 14.1. The van der Waals surface area contributed by atoms with E-state index in [4.69, 9.17) is 4.74 Å². The third-order valence-electron chi connectivity index (χ3n) is 2.62. The van der Waals surface area contributed by atoms with Crippen molar-refractivity contribution in [2.24, 2.45) is 0 Å². The van der Waals surface area contributed by atoms with Gasteiger partial charge in [0.05, 0.1) is 12.8 Å². The van der Waals surface area contributed by atoms with E-state index in [2.05, 4.69) is 4.98 Å². The van der Waals surface area contributed by atoms with Gasteiger partial charge in [-0.05, 0) is 53.3 Å². The molecule has 1 heterocycles. The van der Waals surface area contributed by atoms with Crippen LogP contribution in [0, 0.1) is 9.39 Å². The van der Waals surface area contributed by atoms with E-state index >= 15 is 0 Å². The molecule has 1 aromatic heterocycles. The number of hydrogen-bond donors (Lipinski definition) is 0. The van der Waals surface area contributed by atoms with Gasteiger partial charge in [0.15, 0.2) is 5.78 Å². The zero-order chi connectivity index (χ0) is 14.5. The number of benzene rings is 1. The van der Waals surface area contributed by atoms with Crippen LogP contribution in [0.25, 0.3) is 0 Å². The fourth-order valence-corrected chi connectivity index (χ4v) is 2.39. The summed E-state index contributed by atoms with van der Waals surface area (Å²) in [7, 11) is 0. The van der Waals surface area contributed by atoms with Crippen LogP contribution in [0.4, 0.5) is 4.39 Å². The first kappa shape index (κ1) is 14.9. The van der Waals surface area contributed by atoms with E-state index in [0.29, 0.717) is 27.1 Å². The van der Waals surface area contributed by atoms with Gasteiger partial charge >= 0.3 is 0 Å². The Balaban J connectivity index is 2.28. The molecule has 3 nitrogen and oxygen atoms in total. The SMILES string of the molecule is CCCOc1cncc(C(=O)c2ccc(F)cc2I)c1. The molecule has 1 aromatic carbocycles. The molecular formula is C15H13FINO2. The van der Waals surface area contributed by atoms with Crippen LogP contribution in [-0.4, -0.2) is 17.4 Å². The molecule has 0 aliphatic carbocycles. The molecule has 20 heavy (non-hydrogen) atoms. The Morgan fingerprint density at radius 3 is 2.85 bits per heavy atom. The van der Waals surface area contributed by atoms with E-state index in [1.165, 1.54) is 24.4 Å². The highest BCUT2D eigenvalue weighted by atomic mass is 127. The minimum Gasteiger partial charge on any atom is -0.492 e. The van der Waals surface area contributed by atoms with E-state index in [1.54, 1.807) is 12.3 Å². The monoisotopic (exact) mass is 385 g/mol. The Bertz CT molecular complexity index is 631. The fraction of sp³-hybridized carbons (Fsp3) is 0.200. The molecule has 0 aliphatic rings. The Morgan fingerprint density at radius 1 is 1.35 bits per heavy atom. The van der Waals surface area contributed by atoms with Crippen molar-refractivity contribution < 1.29 is 13.9 Å². The lowest BCUT2D eigenvalue weighted by Gasteiger charge is -2.07. The lowest BCUT2D eigenvalue weighted by atomic mass is 10.1. The molecular weight excluding hydrogens is 372 g/mol. The normalized spacial score (nSPS) is 10.3. The third kappa shape index (κ3) is 3.53. The summed E-state index contributed by atoms with van der Waals surface area (Å²) in [6.07, 6.45) is 3.94. The fourth-order valence-electron chi connectivity index (χ4n) is 1.67. The highest BCUT2D eigenvalue weighted by Gasteiger charge is 2.14. The second kappa shape index (κ2) is 6.78. The van der Waals surface area contributed by atoms with Crippen molar-refractivity contribution >= 4 is 28.4 Å². The molecule has 0 fully saturated rings. The number of ether oxygens (including phenoxy) is 1. The summed E-state index contributed by atoms with van der Waals surface area (Å²) in [6, 6.07) is 5.75. The average molecular weight is 385 g/mol. The Morgan fingerprint density at radius 2 is 2.15 bits per heavy atom. The van der Waals surface area contributed by atoms with Crippen LogP contribution >= 0.6 is 22.6 Å². The van der Waals surface area contributed by atoms with Gasteiger partial charge in [-0.15, -0.1) is 0 Å². The molecule has 0 unspecified atom stereocenters. The summed E-state index contributed by atoms with van der Waals surface area (Å²) in [5, 5.41) is 0. The summed E-state index contributed by atoms with van der Waals surface area (Å²) in [5.41, 5.74) is 0.893. The molecule has 0 amide bonds. The molecule has 0 atom stereocenters. The van der Waals surface area contributed by atoms with Gasteiger partial charge < -0.3 is 4.74 Å². The van der Waals surface area contributed by atoms with Gasteiger partial charge in [-0.2, -0.15) is 0 Å². The van der Waals surface area contributed by atoms with Crippen molar-refractivity contribution in [2.75, 3.05) is 6.61 Å². The number of aromatic nitrogens is 1. The largest absolute Gasteiger partial charge is 0.492 e. The van der Waals surface area contributed by atoms with Gasteiger partial charge in [-0.25, -0.2) is 4.39 Å². The van der Waals surface area contributed by atoms with E-state index in [1.807, 2.05) is 29.5 Å². The van der Waals surface area contributed by atoms with Crippen molar-refractivity contribution in [1.82, 2.24) is 4.98 Å². The number of pyridine rings is 1. The van der Waals surface area contributed by atoms with Crippen molar-refractivity contribution in [3.63, 3.8) is 0 Å². The van der Waals surface area contributed by atoms with Crippen molar-refractivity contribution in [3.05, 3.63) is 57.2 Å². The smallest absolute Gasteiger partial charge is 0.195 e. The standard InChI is InChI=1S/C15H13FINO2/c1-2-5-20-12-6-10(8-18-9-12)15(19)13-4-3-11(16)7-14(13)17/h3-4,6-9H,2,5H2,1H3. The lowest BCUT2D eigenvalue weighted by Crippen LogP contribution is -2.05. The van der Waals surface area contributed by atoms with Gasteiger partial charge in [0.2, 0.25) is 0 Å². The zero-order valence-electron chi connectivity index (χ0n) is 10.9. The van der Waals surface area contributed by atoms with Crippen molar-refractivity contribution in [2.45, 2.75) is 13.3 Å². The number of hydrogen-bond acceptors (Lipinski definition) is 3. The van der Waals surface area contributed by atoms with Gasteiger partial charge in [0.1, 0.15) is 11.6 Å². The van der Waals surface area contributed by atoms with Gasteiger partial charge in [0.25, 0.3) is 0 Å². The molecule has 0 saturated carbocycles. The molecule has 5 heteroatoms. The number of nitrogens with zero attached hydrogens (tertiary/aromatic N) is 1. The number of carbonyl (C=O) groups is 1. The maximum Gasteiger partial charge on any atom is 0.195 e. The van der Waals surface area contributed by atoms with E-state index < -0.39 is 0 Å². The lowest BCUT2D eigenvalue weighted by molar-refractivity contribution is 0.103. The number of carbonyl (C=O) groups excluding carboxylic acids is 1. The number of halogens is 2.